The summed E-state index contributed by atoms with van der Waals surface area (Å²) < 4.78 is 5.06. The number of imide groups is 1. The van der Waals surface area contributed by atoms with Gasteiger partial charge in [-0.05, 0) is 36.6 Å². The molecular weight excluding hydrogens is 384 g/mol. The van der Waals surface area contributed by atoms with Crippen LogP contribution in [0.15, 0.2) is 48.5 Å². The number of amides is 3. The normalized spacial score (nSPS) is 12.8. The molecule has 0 bridgehead atoms. The zero-order valence-electron chi connectivity index (χ0n) is 17.0. The Kier molecular flexibility index (Phi) is 6.61. The third-order valence-electron chi connectivity index (χ3n) is 5.07. The Balaban J connectivity index is 1.67. The molecule has 7 heteroatoms. The minimum atomic E-state index is -0.723. The number of nitrogens with one attached hydrogen (secondary N) is 1. The lowest BCUT2D eigenvalue weighted by atomic mass is 10.1. The summed E-state index contributed by atoms with van der Waals surface area (Å²) in [5.74, 6) is -1.96. The van der Waals surface area contributed by atoms with Gasteiger partial charge in [0.2, 0.25) is 0 Å². The molecule has 0 unspecified atom stereocenters. The summed E-state index contributed by atoms with van der Waals surface area (Å²) in [5, 5.41) is 2.79. The zero-order valence-corrected chi connectivity index (χ0v) is 17.0. The zero-order chi connectivity index (χ0) is 21.7. The van der Waals surface area contributed by atoms with Crippen LogP contribution in [0.2, 0.25) is 0 Å². The molecule has 1 heterocycles. The van der Waals surface area contributed by atoms with Crippen molar-refractivity contribution in [3.63, 3.8) is 0 Å². The average Bonchev–Trinajstić information content (AvgIpc) is 3.00. The summed E-state index contributed by atoms with van der Waals surface area (Å²) in [5.41, 5.74) is 1.35. The fourth-order valence-electron chi connectivity index (χ4n) is 3.30. The number of hydrogen-bond donors (Lipinski definition) is 1. The molecule has 1 N–H and O–H groups in total. The van der Waals surface area contributed by atoms with E-state index in [1.165, 1.54) is 18.2 Å². The molecule has 0 atom stereocenters. The standard InChI is InChI=1S/C23H24N2O5/c1-3-17(4-2)24-20(26)14-30-23(29)16-10-11-18-19(12-16)22(28)25(21(18)27)13-15-8-6-5-7-9-15/h5-12,17H,3-4,13-14H2,1-2H3,(H,24,26). The van der Waals surface area contributed by atoms with E-state index in [-0.39, 0.29) is 35.2 Å². The van der Waals surface area contributed by atoms with Crippen molar-refractivity contribution in [1.29, 1.82) is 0 Å². The van der Waals surface area contributed by atoms with Crippen LogP contribution < -0.4 is 5.32 Å². The maximum absolute atomic E-state index is 12.7. The SMILES string of the molecule is CCC(CC)NC(=O)COC(=O)c1ccc2c(c1)C(=O)N(Cc1ccccc1)C2=O. The number of hydrogen-bond acceptors (Lipinski definition) is 5. The van der Waals surface area contributed by atoms with E-state index < -0.39 is 24.4 Å². The van der Waals surface area contributed by atoms with Gasteiger partial charge in [0.05, 0.1) is 23.2 Å². The summed E-state index contributed by atoms with van der Waals surface area (Å²) in [6, 6.07) is 13.4. The fraction of sp³-hybridized carbons (Fsp3) is 0.304. The highest BCUT2D eigenvalue weighted by molar-refractivity contribution is 6.21. The van der Waals surface area contributed by atoms with Gasteiger partial charge in [-0.1, -0.05) is 44.2 Å². The Bertz CT molecular complexity index is 967. The Morgan fingerprint density at radius 1 is 0.967 bits per heavy atom. The minimum absolute atomic E-state index is 0.0374. The smallest absolute Gasteiger partial charge is 0.338 e. The van der Waals surface area contributed by atoms with E-state index in [9.17, 15) is 19.2 Å². The van der Waals surface area contributed by atoms with Crippen LogP contribution >= 0.6 is 0 Å². The van der Waals surface area contributed by atoms with Crippen LogP contribution in [0.4, 0.5) is 0 Å². The summed E-state index contributed by atoms with van der Waals surface area (Å²) in [7, 11) is 0. The average molecular weight is 408 g/mol. The predicted octanol–water partition coefficient (Wildman–Crippen LogP) is 2.94. The maximum Gasteiger partial charge on any atom is 0.338 e. The highest BCUT2D eigenvalue weighted by Gasteiger charge is 2.36. The number of carbonyl (C=O) groups is 4. The molecular formula is C23H24N2O5. The van der Waals surface area contributed by atoms with Crippen LogP contribution in [0.5, 0.6) is 0 Å². The van der Waals surface area contributed by atoms with Gasteiger partial charge >= 0.3 is 5.97 Å². The summed E-state index contributed by atoms with van der Waals surface area (Å²) in [4.78, 5) is 50.7. The third kappa shape index (κ3) is 4.56. The van der Waals surface area contributed by atoms with Crippen LogP contribution in [-0.4, -0.2) is 41.2 Å². The Labute approximate surface area is 175 Å². The summed E-state index contributed by atoms with van der Waals surface area (Å²) >= 11 is 0. The van der Waals surface area contributed by atoms with Gasteiger partial charge in [-0.3, -0.25) is 19.3 Å². The summed E-state index contributed by atoms with van der Waals surface area (Å²) in [6.07, 6.45) is 1.58. The second kappa shape index (κ2) is 9.35. The van der Waals surface area contributed by atoms with Gasteiger partial charge in [0.15, 0.2) is 6.61 Å². The maximum atomic E-state index is 12.7. The molecule has 3 rings (SSSR count). The first-order valence-electron chi connectivity index (χ1n) is 9.95. The molecule has 7 nitrogen and oxygen atoms in total. The molecule has 0 saturated heterocycles. The lowest BCUT2D eigenvalue weighted by Crippen LogP contribution is -2.36. The molecule has 3 amide bonds. The third-order valence-corrected chi connectivity index (χ3v) is 5.07. The minimum Gasteiger partial charge on any atom is -0.452 e. The molecule has 30 heavy (non-hydrogen) atoms. The quantitative estimate of drug-likeness (QED) is 0.536. The van der Waals surface area contributed by atoms with Crippen LogP contribution in [0, 0.1) is 0 Å². The van der Waals surface area contributed by atoms with E-state index in [4.69, 9.17) is 4.74 Å². The van der Waals surface area contributed by atoms with Crippen molar-refractivity contribution in [2.24, 2.45) is 0 Å². The molecule has 0 spiro atoms. The first kappa shape index (κ1) is 21.2. The molecule has 0 aromatic heterocycles. The van der Waals surface area contributed by atoms with Crippen molar-refractivity contribution < 1.29 is 23.9 Å². The van der Waals surface area contributed by atoms with Gasteiger partial charge in [0.25, 0.3) is 17.7 Å². The molecule has 2 aromatic rings. The van der Waals surface area contributed by atoms with Crippen molar-refractivity contribution in [2.75, 3.05) is 6.61 Å². The molecule has 0 fully saturated rings. The topological polar surface area (TPSA) is 92.8 Å². The van der Waals surface area contributed by atoms with Crippen molar-refractivity contribution in [3.05, 3.63) is 70.8 Å². The monoisotopic (exact) mass is 408 g/mol. The largest absolute Gasteiger partial charge is 0.452 e. The van der Waals surface area contributed by atoms with Crippen molar-refractivity contribution >= 4 is 23.7 Å². The number of fused-ring (bicyclic) bond motifs is 1. The first-order valence-corrected chi connectivity index (χ1v) is 9.95. The highest BCUT2D eigenvalue weighted by Crippen LogP contribution is 2.26. The highest BCUT2D eigenvalue weighted by atomic mass is 16.5. The van der Waals surface area contributed by atoms with Crippen LogP contribution in [0.3, 0.4) is 0 Å². The van der Waals surface area contributed by atoms with Gasteiger partial charge in [0.1, 0.15) is 0 Å². The molecule has 1 aliphatic heterocycles. The van der Waals surface area contributed by atoms with Gasteiger partial charge in [-0.2, -0.15) is 0 Å². The predicted molar refractivity (Wildman–Crippen MR) is 110 cm³/mol. The molecule has 0 aliphatic carbocycles. The van der Waals surface area contributed by atoms with E-state index in [0.717, 1.165) is 23.3 Å². The van der Waals surface area contributed by atoms with E-state index >= 15 is 0 Å². The van der Waals surface area contributed by atoms with E-state index in [2.05, 4.69) is 5.32 Å². The Morgan fingerprint density at radius 2 is 1.63 bits per heavy atom. The number of ether oxygens (including phenoxy) is 1. The Morgan fingerprint density at radius 3 is 2.30 bits per heavy atom. The second-order valence-electron chi connectivity index (χ2n) is 7.10. The van der Waals surface area contributed by atoms with Gasteiger partial charge < -0.3 is 10.1 Å². The van der Waals surface area contributed by atoms with Crippen molar-refractivity contribution in [3.8, 4) is 0 Å². The van der Waals surface area contributed by atoms with Crippen LogP contribution in [0.1, 0.15) is 63.3 Å². The van der Waals surface area contributed by atoms with Crippen molar-refractivity contribution in [1.82, 2.24) is 10.2 Å². The Hall–Kier alpha value is -3.48. The molecule has 156 valence electrons. The van der Waals surface area contributed by atoms with Crippen LogP contribution in [-0.2, 0) is 16.1 Å². The molecule has 0 saturated carbocycles. The van der Waals surface area contributed by atoms with Crippen molar-refractivity contribution in [2.45, 2.75) is 39.3 Å². The van der Waals surface area contributed by atoms with Gasteiger partial charge in [-0.15, -0.1) is 0 Å². The lowest BCUT2D eigenvalue weighted by molar-refractivity contribution is -0.125. The molecule has 0 radical (unpaired) electrons. The second-order valence-corrected chi connectivity index (χ2v) is 7.10. The number of nitrogens with zero attached hydrogens (tertiary/aromatic N) is 1. The van der Waals surface area contributed by atoms with Gasteiger partial charge in [0, 0.05) is 6.04 Å². The fourth-order valence-corrected chi connectivity index (χ4v) is 3.30. The number of carbonyl (C=O) groups excluding carboxylic acids is 4. The van der Waals surface area contributed by atoms with Gasteiger partial charge in [-0.25, -0.2) is 4.79 Å². The molecule has 1 aliphatic rings. The first-order chi connectivity index (χ1) is 14.4. The van der Waals surface area contributed by atoms with E-state index in [1.807, 2.05) is 44.2 Å². The lowest BCUT2D eigenvalue weighted by Gasteiger charge is -2.14. The summed E-state index contributed by atoms with van der Waals surface area (Å²) in [6.45, 7) is 3.68. The van der Waals surface area contributed by atoms with E-state index in [0.29, 0.717) is 0 Å². The number of esters is 1. The molecule has 2 aromatic carbocycles. The number of benzene rings is 2. The number of rotatable bonds is 8. The van der Waals surface area contributed by atoms with Crippen LogP contribution in [0.25, 0.3) is 0 Å². The van der Waals surface area contributed by atoms with E-state index in [1.54, 1.807) is 0 Å².